The maximum absolute atomic E-state index is 14.2. The van der Waals surface area contributed by atoms with Crippen molar-refractivity contribution >= 4 is 5.91 Å². The lowest BCUT2D eigenvalue weighted by molar-refractivity contribution is 0.0954. The zero-order valence-corrected chi connectivity index (χ0v) is 24.7. The van der Waals surface area contributed by atoms with Gasteiger partial charge in [0, 0.05) is 36.3 Å². The number of hydrogen-bond donors (Lipinski definition) is 2. The Morgan fingerprint density at radius 2 is 1.67 bits per heavy atom. The number of carbonyl (C=O) groups is 1. The lowest BCUT2D eigenvalue weighted by atomic mass is 9.95. The van der Waals surface area contributed by atoms with E-state index < -0.39 is 5.82 Å². The Kier molecular flexibility index (Phi) is 9.47. The van der Waals surface area contributed by atoms with Gasteiger partial charge in [-0.2, -0.15) is 0 Å². The molecule has 0 unspecified atom stereocenters. The van der Waals surface area contributed by atoms with Crippen LogP contribution >= 0.6 is 0 Å². The van der Waals surface area contributed by atoms with E-state index in [-0.39, 0.29) is 17.8 Å². The highest BCUT2D eigenvalue weighted by atomic mass is 19.1. The maximum Gasteiger partial charge on any atom is 0.251 e. The molecule has 0 aromatic heterocycles. The van der Waals surface area contributed by atoms with Crippen LogP contribution in [0.25, 0.3) is 22.3 Å². The van der Waals surface area contributed by atoms with E-state index in [1.807, 2.05) is 30.3 Å². The third-order valence-corrected chi connectivity index (χ3v) is 7.82. The fourth-order valence-electron chi connectivity index (χ4n) is 5.44. The monoisotopic (exact) mass is 584 g/mol. The van der Waals surface area contributed by atoms with Crippen molar-refractivity contribution in [3.05, 3.63) is 95.8 Å². The van der Waals surface area contributed by atoms with Gasteiger partial charge in [0.05, 0.1) is 14.2 Å². The summed E-state index contributed by atoms with van der Waals surface area (Å²) in [6.45, 7) is 2.15. The van der Waals surface area contributed by atoms with Crippen molar-refractivity contribution in [2.75, 3.05) is 40.9 Å². The molecule has 0 bridgehead atoms. The van der Waals surface area contributed by atoms with Crippen LogP contribution in [-0.4, -0.2) is 62.9 Å². The summed E-state index contributed by atoms with van der Waals surface area (Å²) in [6, 6.07) is 22.6. The smallest absolute Gasteiger partial charge is 0.251 e. The van der Waals surface area contributed by atoms with Gasteiger partial charge in [-0.3, -0.25) is 4.79 Å². The number of aromatic hydroxyl groups is 1. The van der Waals surface area contributed by atoms with Gasteiger partial charge >= 0.3 is 0 Å². The minimum atomic E-state index is -0.399. The fourth-order valence-corrected chi connectivity index (χ4v) is 5.44. The van der Waals surface area contributed by atoms with Crippen molar-refractivity contribution in [2.24, 2.45) is 0 Å². The lowest BCUT2D eigenvalue weighted by Gasteiger charge is -2.30. The van der Waals surface area contributed by atoms with Gasteiger partial charge in [0.15, 0.2) is 11.5 Å². The molecular weight excluding hydrogens is 547 g/mol. The molecule has 1 saturated heterocycles. The van der Waals surface area contributed by atoms with Crippen LogP contribution in [0.1, 0.15) is 28.8 Å². The van der Waals surface area contributed by atoms with Crippen molar-refractivity contribution in [1.82, 2.24) is 10.2 Å². The van der Waals surface area contributed by atoms with Gasteiger partial charge in [0.1, 0.15) is 23.4 Å². The molecule has 43 heavy (non-hydrogen) atoms. The molecule has 5 rings (SSSR count). The minimum Gasteiger partial charge on any atom is -0.504 e. The first-order valence-corrected chi connectivity index (χ1v) is 14.4. The number of likely N-dealkylation sites (tertiary alicyclic amines) is 1. The van der Waals surface area contributed by atoms with E-state index in [4.69, 9.17) is 14.2 Å². The molecule has 2 N–H and O–H groups in total. The lowest BCUT2D eigenvalue weighted by Crippen LogP contribution is -2.35. The Balaban J connectivity index is 1.35. The maximum atomic E-state index is 14.2. The van der Waals surface area contributed by atoms with E-state index in [0.717, 1.165) is 42.6 Å². The summed E-state index contributed by atoms with van der Waals surface area (Å²) in [4.78, 5) is 15.5. The Morgan fingerprint density at radius 1 is 0.930 bits per heavy atom. The third kappa shape index (κ3) is 7.09. The Labute approximate surface area is 251 Å². The van der Waals surface area contributed by atoms with Gasteiger partial charge in [-0.25, -0.2) is 4.39 Å². The number of ether oxygens (including phenoxy) is 3. The zero-order chi connectivity index (χ0) is 30.3. The molecule has 7 nitrogen and oxygen atoms in total. The number of hydrogen-bond acceptors (Lipinski definition) is 6. The second-order valence-corrected chi connectivity index (χ2v) is 10.7. The summed E-state index contributed by atoms with van der Waals surface area (Å²) in [5.74, 6) is 1.06. The molecule has 1 aliphatic heterocycles. The molecule has 0 atom stereocenters. The standard InChI is InChI=1S/C35H37FN2O5/c1-38-18-15-28(16-19-38)43-32-13-10-23(33(34(32)39)25-7-4-8-27(36)20-25)14-17-37-35(40)26-11-12-31(42-3)30(22-26)24-6-5-9-29(21-24)41-2/h4-13,20-22,28,39H,14-19H2,1-3H3,(H,37,40). The molecular formula is C35H37FN2O5. The van der Waals surface area contributed by atoms with Gasteiger partial charge in [-0.05, 0) is 91.5 Å². The number of phenolic OH excluding ortho intramolecular Hbond substituents is 1. The molecule has 1 heterocycles. The predicted molar refractivity (Wildman–Crippen MR) is 166 cm³/mol. The number of carbonyl (C=O) groups excluding carboxylic acids is 1. The molecule has 224 valence electrons. The molecule has 0 spiro atoms. The van der Waals surface area contributed by atoms with Crippen LogP contribution in [0.15, 0.2) is 78.9 Å². The van der Waals surface area contributed by atoms with Crippen molar-refractivity contribution in [2.45, 2.75) is 25.4 Å². The van der Waals surface area contributed by atoms with E-state index in [1.165, 1.54) is 12.1 Å². The average Bonchev–Trinajstić information content (AvgIpc) is 3.03. The number of phenols is 1. The molecule has 0 saturated carbocycles. The largest absolute Gasteiger partial charge is 0.504 e. The normalized spacial score (nSPS) is 13.9. The second-order valence-electron chi connectivity index (χ2n) is 10.7. The van der Waals surface area contributed by atoms with Crippen molar-refractivity contribution in [1.29, 1.82) is 0 Å². The highest BCUT2D eigenvalue weighted by molar-refractivity contribution is 5.96. The first-order valence-electron chi connectivity index (χ1n) is 14.4. The van der Waals surface area contributed by atoms with Gasteiger partial charge in [-0.15, -0.1) is 0 Å². The van der Waals surface area contributed by atoms with Crippen molar-refractivity contribution in [3.63, 3.8) is 0 Å². The van der Waals surface area contributed by atoms with Crippen LogP contribution in [-0.2, 0) is 6.42 Å². The van der Waals surface area contributed by atoms with Crippen LogP contribution < -0.4 is 19.5 Å². The van der Waals surface area contributed by atoms with E-state index in [1.54, 1.807) is 50.6 Å². The van der Waals surface area contributed by atoms with Gasteiger partial charge in [-0.1, -0.05) is 30.3 Å². The van der Waals surface area contributed by atoms with Crippen molar-refractivity contribution in [3.8, 4) is 45.3 Å². The van der Waals surface area contributed by atoms with E-state index in [0.29, 0.717) is 46.9 Å². The fraction of sp³-hybridized carbons (Fsp3) is 0.286. The molecule has 0 radical (unpaired) electrons. The van der Waals surface area contributed by atoms with Crippen LogP contribution in [0.5, 0.6) is 23.0 Å². The van der Waals surface area contributed by atoms with Crippen LogP contribution in [0.3, 0.4) is 0 Å². The predicted octanol–water partition coefficient (Wildman–Crippen LogP) is 6.33. The summed E-state index contributed by atoms with van der Waals surface area (Å²) in [5.41, 5.74) is 3.94. The molecule has 8 heteroatoms. The second kappa shape index (κ2) is 13.6. The summed E-state index contributed by atoms with van der Waals surface area (Å²) in [5, 5.41) is 14.3. The van der Waals surface area contributed by atoms with Crippen molar-refractivity contribution < 1.29 is 28.5 Å². The molecule has 0 aliphatic carbocycles. The number of methoxy groups -OCH3 is 2. The van der Waals surface area contributed by atoms with Gasteiger partial charge in [0.2, 0.25) is 0 Å². The van der Waals surface area contributed by atoms with E-state index >= 15 is 0 Å². The molecule has 1 aliphatic rings. The number of nitrogens with zero attached hydrogens (tertiary/aromatic N) is 1. The highest BCUT2D eigenvalue weighted by Crippen LogP contribution is 2.41. The third-order valence-electron chi connectivity index (χ3n) is 7.82. The summed E-state index contributed by atoms with van der Waals surface area (Å²) in [6.07, 6.45) is 2.14. The SMILES string of the molecule is COc1cccc(-c2cc(C(=O)NCCc3ccc(OC4CCN(C)CC4)c(O)c3-c3cccc(F)c3)ccc2OC)c1. The van der Waals surface area contributed by atoms with E-state index in [9.17, 15) is 14.3 Å². The molecule has 1 amide bonds. The van der Waals surface area contributed by atoms with Gasteiger partial charge in [0.25, 0.3) is 5.91 Å². The van der Waals surface area contributed by atoms with Gasteiger partial charge < -0.3 is 29.5 Å². The van der Waals surface area contributed by atoms with E-state index in [2.05, 4.69) is 17.3 Å². The molecule has 4 aromatic carbocycles. The number of piperidine rings is 1. The zero-order valence-electron chi connectivity index (χ0n) is 24.7. The summed E-state index contributed by atoms with van der Waals surface area (Å²) < 4.78 is 31.3. The first kappa shape index (κ1) is 29.9. The number of amides is 1. The molecule has 4 aromatic rings. The topological polar surface area (TPSA) is 80.3 Å². The number of rotatable bonds is 10. The number of halogens is 1. The Hall–Kier alpha value is -4.56. The number of nitrogens with one attached hydrogen (secondary N) is 1. The quantitative estimate of drug-likeness (QED) is 0.227. The van der Waals surface area contributed by atoms with Crippen LogP contribution in [0.4, 0.5) is 4.39 Å². The first-order chi connectivity index (χ1) is 20.9. The summed E-state index contributed by atoms with van der Waals surface area (Å²) in [7, 11) is 5.28. The summed E-state index contributed by atoms with van der Waals surface area (Å²) >= 11 is 0. The van der Waals surface area contributed by atoms with Crippen LogP contribution in [0, 0.1) is 5.82 Å². The minimum absolute atomic E-state index is 0.000964. The Morgan fingerprint density at radius 3 is 2.42 bits per heavy atom. The Bertz CT molecular complexity index is 1580. The highest BCUT2D eigenvalue weighted by Gasteiger charge is 2.22. The number of benzene rings is 4. The van der Waals surface area contributed by atoms with Crippen LogP contribution in [0.2, 0.25) is 0 Å². The molecule has 1 fully saturated rings. The average molecular weight is 585 g/mol.